The van der Waals surface area contributed by atoms with Gasteiger partial charge in [-0.05, 0) is 23.6 Å². The summed E-state index contributed by atoms with van der Waals surface area (Å²) in [6.45, 7) is 0. The number of ether oxygens (including phenoxy) is 1. The van der Waals surface area contributed by atoms with E-state index in [1.165, 1.54) is 11.1 Å². The Morgan fingerprint density at radius 2 is 1.87 bits per heavy atom. The van der Waals surface area contributed by atoms with Gasteiger partial charge in [0.1, 0.15) is 5.75 Å². The maximum absolute atomic E-state index is 5.13. The molecular formula is C13H13NO. The Hall–Kier alpha value is -1.83. The summed E-state index contributed by atoms with van der Waals surface area (Å²) >= 11 is 0. The number of rotatable bonds is 3. The average molecular weight is 199 g/mol. The molecule has 0 unspecified atom stereocenters. The zero-order chi connectivity index (χ0) is 10.5. The molecule has 2 aromatic rings. The lowest BCUT2D eigenvalue weighted by atomic mass is 10.1. The first kappa shape index (κ1) is 9.71. The molecule has 2 rings (SSSR count). The lowest BCUT2D eigenvalue weighted by molar-refractivity contribution is 0.412. The van der Waals surface area contributed by atoms with E-state index in [9.17, 15) is 0 Å². The summed E-state index contributed by atoms with van der Waals surface area (Å²) in [4.78, 5) is 4.13. The number of nitrogens with zero attached hydrogens (tertiary/aromatic N) is 1. The van der Waals surface area contributed by atoms with Gasteiger partial charge >= 0.3 is 0 Å². The second-order valence-corrected chi connectivity index (χ2v) is 3.40. The fourth-order valence-electron chi connectivity index (χ4n) is 1.50. The molecule has 0 amide bonds. The van der Waals surface area contributed by atoms with E-state index in [2.05, 4.69) is 17.1 Å². The fraction of sp³-hybridized carbons (Fsp3) is 0.154. The number of benzene rings is 1. The fourth-order valence-corrected chi connectivity index (χ4v) is 1.50. The summed E-state index contributed by atoms with van der Waals surface area (Å²) in [5.41, 5.74) is 2.45. The molecule has 0 atom stereocenters. The van der Waals surface area contributed by atoms with Gasteiger partial charge in [0, 0.05) is 6.20 Å². The lowest BCUT2D eigenvalue weighted by Gasteiger charge is -2.03. The van der Waals surface area contributed by atoms with Gasteiger partial charge in [0.25, 0.3) is 0 Å². The number of methoxy groups -OCH3 is 1. The molecule has 0 aliphatic rings. The Morgan fingerprint density at radius 3 is 2.60 bits per heavy atom. The quantitative estimate of drug-likeness (QED) is 0.758. The van der Waals surface area contributed by atoms with E-state index in [0.717, 1.165) is 12.2 Å². The molecule has 0 fully saturated rings. The third-order valence-electron chi connectivity index (χ3n) is 2.26. The standard InChI is InChI=1S/C13H13NO/c1-15-13-8-12(9-14-10-13)7-11-5-3-2-4-6-11/h2-6,8-10H,7H2,1H3. The Morgan fingerprint density at radius 1 is 1.07 bits per heavy atom. The van der Waals surface area contributed by atoms with Gasteiger partial charge in [0.15, 0.2) is 0 Å². The van der Waals surface area contributed by atoms with Crippen LogP contribution in [0.15, 0.2) is 48.8 Å². The van der Waals surface area contributed by atoms with Crippen LogP contribution in [0.1, 0.15) is 11.1 Å². The van der Waals surface area contributed by atoms with Gasteiger partial charge < -0.3 is 4.74 Å². The van der Waals surface area contributed by atoms with E-state index >= 15 is 0 Å². The van der Waals surface area contributed by atoms with E-state index in [0.29, 0.717) is 0 Å². The molecule has 2 nitrogen and oxygen atoms in total. The molecule has 0 aliphatic carbocycles. The molecular weight excluding hydrogens is 186 g/mol. The topological polar surface area (TPSA) is 22.1 Å². The van der Waals surface area contributed by atoms with Crippen LogP contribution < -0.4 is 4.74 Å². The molecule has 0 spiro atoms. The lowest BCUT2D eigenvalue weighted by Crippen LogP contribution is -1.91. The summed E-state index contributed by atoms with van der Waals surface area (Å²) < 4.78 is 5.13. The third kappa shape index (κ3) is 2.56. The van der Waals surface area contributed by atoms with Gasteiger partial charge in [-0.3, -0.25) is 4.98 Å². The predicted molar refractivity (Wildman–Crippen MR) is 60.0 cm³/mol. The highest BCUT2D eigenvalue weighted by atomic mass is 16.5. The Labute approximate surface area is 89.6 Å². The summed E-state index contributed by atoms with van der Waals surface area (Å²) in [6.07, 6.45) is 4.48. The normalized spacial score (nSPS) is 9.93. The van der Waals surface area contributed by atoms with Crippen molar-refractivity contribution in [1.82, 2.24) is 4.98 Å². The highest BCUT2D eigenvalue weighted by Gasteiger charge is 1.98. The van der Waals surface area contributed by atoms with E-state index < -0.39 is 0 Å². The van der Waals surface area contributed by atoms with E-state index in [1.54, 1.807) is 13.3 Å². The molecule has 2 heteroatoms. The van der Waals surface area contributed by atoms with Gasteiger partial charge in [-0.1, -0.05) is 30.3 Å². The average Bonchev–Trinajstić information content (AvgIpc) is 2.31. The van der Waals surface area contributed by atoms with Crippen LogP contribution in [-0.4, -0.2) is 12.1 Å². The van der Waals surface area contributed by atoms with Crippen LogP contribution in [0.5, 0.6) is 5.75 Å². The van der Waals surface area contributed by atoms with Crippen LogP contribution in [0.25, 0.3) is 0 Å². The van der Waals surface area contributed by atoms with E-state index in [1.807, 2.05) is 30.5 Å². The van der Waals surface area contributed by atoms with Crippen molar-refractivity contribution in [1.29, 1.82) is 0 Å². The Balaban J connectivity index is 2.17. The first-order valence-corrected chi connectivity index (χ1v) is 4.90. The van der Waals surface area contributed by atoms with Crippen molar-refractivity contribution in [2.75, 3.05) is 7.11 Å². The van der Waals surface area contributed by atoms with Crippen molar-refractivity contribution in [2.45, 2.75) is 6.42 Å². The summed E-state index contributed by atoms with van der Waals surface area (Å²) in [5.74, 6) is 0.809. The highest BCUT2D eigenvalue weighted by molar-refractivity contribution is 5.29. The Kier molecular flexibility index (Phi) is 2.98. The molecule has 1 aromatic heterocycles. The van der Waals surface area contributed by atoms with Crippen molar-refractivity contribution in [2.24, 2.45) is 0 Å². The number of hydrogen-bond acceptors (Lipinski definition) is 2. The predicted octanol–water partition coefficient (Wildman–Crippen LogP) is 2.68. The molecule has 76 valence electrons. The minimum absolute atomic E-state index is 0.809. The van der Waals surface area contributed by atoms with E-state index in [4.69, 9.17) is 4.74 Å². The molecule has 1 aromatic carbocycles. The van der Waals surface area contributed by atoms with Gasteiger partial charge in [-0.25, -0.2) is 0 Å². The minimum atomic E-state index is 0.809. The smallest absolute Gasteiger partial charge is 0.137 e. The van der Waals surface area contributed by atoms with Crippen LogP contribution in [0, 0.1) is 0 Å². The van der Waals surface area contributed by atoms with Crippen LogP contribution in [0.2, 0.25) is 0 Å². The summed E-state index contributed by atoms with van der Waals surface area (Å²) in [5, 5.41) is 0. The zero-order valence-corrected chi connectivity index (χ0v) is 8.68. The third-order valence-corrected chi connectivity index (χ3v) is 2.26. The monoisotopic (exact) mass is 199 g/mol. The first-order valence-electron chi connectivity index (χ1n) is 4.90. The van der Waals surface area contributed by atoms with Crippen molar-refractivity contribution in [3.8, 4) is 5.75 Å². The highest BCUT2D eigenvalue weighted by Crippen LogP contribution is 2.13. The maximum Gasteiger partial charge on any atom is 0.137 e. The van der Waals surface area contributed by atoms with Crippen molar-refractivity contribution in [3.63, 3.8) is 0 Å². The van der Waals surface area contributed by atoms with Gasteiger partial charge in [0.05, 0.1) is 13.3 Å². The van der Waals surface area contributed by atoms with Gasteiger partial charge in [-0.2, -0.15) is 0 Å². The summed E-state index contributed by atoms with van der Waals surface area (Å²) in [6, 6.07) is 12.3. The minimum Gasteiger partial charge on any atom is -0.495 e. The van der Waals surface area contributed by atoms with Crippen molar-refractivity contribution < 1.29 is 4.74 Å². The molecule has 0 N–H and O–H groups in total. The van der Waals surface area contributed by atoms with Crippen molar-refractivity contribution >= 4 is 0 Å². The first-order chi connectivity index (χ1) is 7.38. The molecule has 15 heavy (non-hydrogen) atoms. The molecule has 0 bridgehead atoms. The largest absolute Gasteiger partial charge is 0.495 e. The number of aromatic nitrogens is 1. The van der Waals surface area contributed by atoms with E-state index in [-0.39, 0.29) is 0 Å². The molecule has 0 saturated heterocycles. The van der Waals surface area contributed by atoms with Gasteiger partial charge in [0.2, 0.25) is 0 Å². The van der Waals surface area contributed by atoms with Gasteiger partial charge in [-0.15, -0.1) is 0 Å². The second-order valence-electron chi connectivity index (χ2n) is 3.40. The summed E-state index contributed by atoms with van der Waals surface area (Å²) in [7, 11) is 1.66. The molecule has 0 saturated carbocycles. The zero-order valence-electron chi connectivity index (χ0n) is 8.68. The number of hydrogen-bond donors (Lipinski definition) is 0. The van der Waals surface area contributed by atoms with Crippen LogP contribution in [0.3, 0.4) is 0 Å². The van der Waals surface area contributed by atoms with Crippen molar-refractivity contribution in [3.05, 3.63) is 59.9 Å². The second kappa shape index (κ2) is 4.60. The SMILES string of the molecule is COc1cncc(Cc2ccccc2)c1. The number of pyridine rings is 1. The molecule has 1 heterocycles. The Bertz CT molecular complexity index is 426. The van der Waals surface area contributed by atoms with Crippen LogP contribution in [0.4, 0.5) is 0 Å². The maximum atomic E-state index is 5.13. The molecule has 0 aliphatic heterocycles. The molecule has 0 radical (unpaired) electrons. The van der Waals surface area contributed by atoms with Crippen LogP contribution in [-0.2, 0) is 6.42 Å². The van der Waals surface area contributed by atoms with Crippen LogP contribution >= 0.6 is 0 Å².